The second-order valence-corrected chi connectivity index (χ2v) is 5.85. The van der Waals surface area contributed by atoms with E-state index in [0.29, 0.717) is 24.7 Å². The van der Waals surface area contributed by atoms with Gasteiger partial charge in [0.1, 0.15) is 0 Å². The minimum atomic E-state index is -0.273. The Hall–Kier alpha value is -3.55. The summed E-state index contributed by atoms with van der Waals surface area (Å²) in [4.78, 5) is 16.2. The molecule has 2 heterocycles. The van der Waals surface area contributed by atoms with Crippen molar-refractivity contribution in [3.8, 4) is 0 Å². The van der Waals surface area contributed by atoms with Crippen molar-refractivity contribution < 1.29 is 9.21 Å². The van der Waals surface area contributed by atoms with Crippen LogP contribution in [0.4, 0.5) is 5.69 Å². The molecule has 27 heavy (non-hydrogen) atoms. The number of nitrogens with one attached hydrogen (secondary N) is 3. The molecular formula is C19H22N6O2. The third kappa shape index (κ3) is 4.97. The van der Waals surface area contributed by atoms with Crippen LogP contribution in [0.1, 0.15) is 21.8 Å². The van der Waals surface area contributed by atoms with Crippen LogP contribution in [0.3, 0.4) is 0 Å². The number of carbonyl (C=O) groups excluding carboxylic acids is 1. The molecule has 1 amide bonds. The molecule has 2 aromatic heterocycles. The number of hydrogen-bond donors (Lipinski definition) is 3. The predicted molar refractivity (Wildman–Crippen MR) is 103 cm³/mol. The van der Waals surface area contributed by atoms with Gasteiger partial charge >= 0.3 is 0 Å². The van der Waals surface area contributed by atoms with Gasteiger partial charge in [0.15, 0.2) is 11.7 Å². The highest BCUT2D eigenvalue weighted by molar-refractivity contribution is 6.02. The van der Waals surface area contributed by atoms with E-state index in [1.807, 2.05) is 42.1 Å². The van der Waals surface area contributed by atoms with Gasteiger partial charge in [-0.25, -0.2) is 0 Å². The summed E-state index contributed by atoms with van der Waals surface area (Å²) in [6, 6.07) is 12.8. The van der Waals surface area contributed by atoms with Crippen molar-refractivity contribution >= 4 is 17.6 Å². The topological polar surface area (TPSA) is 96.5 Å². The molecule has 1 aromatic carbocycles. The zero-order chi connectivity index (χ0) is 19.1. The molecule has 0 aliphatic heterocycles. The van der Waals surface area contributed by atoms with E-state index in [2.05, 4.69) is 26.0 Å². The number of benzene rings is 1. The van der Waals surface area contributed by atoms with Crippen molar-refractivity contribution in [1.29, 1.82) is 0 Å². The molecule has 0 radical (unpaired) electrons. The van der Waals surface area contributed by atoms with E-state index in [-0.39, 0.29) is 11.7 Å². The molecule has 0 saturated heterocycles. The molecule has 0 atom stereocenters. The summed E-state index contributed by atoms with van der Waals surface area (Å²) in [5.74, 6) is 0.709. The number of guanidine groups is 1. The number of nitrogens with zero attached hydrogens (tertiary/aromatic N) is 3. The van der Waals surface area contributed by atoms with Gasteiger partial charge in [0.2, 0.25) is 0 Å². The fourth-order valence-corrected chi connectivity index (χ4v) is 2.46. The molecule has 0 saturated carbocycles. The van der Waals surface area contributed by atoms with Gasteiger partial charge in [0, 0.05) is 32.5 Å². The van der Waals surface area contributed by atoms with Gasteiger partial charge in [-0.15, -0.1) is 0 Å². The molecule has 8 heteroatoms. The van der Waals surface area contributed by atoms with E-state index in [0.717, 1.165) is 11.3 Å². The Kier molecular flexibility index (Phi) is 5.88. The number of carbonyl (C=O) groups is 1. The van der Waals surface area contributed by atoms with Crippen molar-refractivity contribution in [2.45, 2.75) is 13.1 Å². The van der Waals surface area contributed by atoms with Gasteiger partial charge < -0.3 is 20.4 Å². The highest BCUT2D eigenvalue weighted by atomic mass is 16.3. The maximum Gasteiger partial charge on any atom is 0.291 e. The molecular weight excluding hydrogens is 344 g/mol. The quantitative estimate of drug-likeness (QED) is 0.459. The van der Waals surface area contributed by atoms with Crippen molar-refractivity contribution in [2.75, 3.05) is 12.4 Å². The molecule has 140 valence electrons. The molecule has 0 aliphatic rings. The van der Waals surface area contributed by atoms with E-state index < -0.39 is 0 Å². The highest BCUT2D eigenvalue weighted by Crippen LogP contribution is 2.11. The number of rotatable bonds is 6. The molecule has 0 bridgehead atoms. The number of hydrogen-bond acceptors (Lipinski definition) is 4. The number of aliphatic imine (C=N–C) groups is 1. The standard InChI is InChI=1S/C19H22N6O2/c1-20-19(22-13-16-9-10-23-25(16)2)21-12-14-5-7-15(8-6-14)24-18(26)17-4-3-11-27-17/h3-11H,12-13H2,1-2H3,(H,24,26)(H2,20,21,22). The number of aromatic nitrogens is 2. The largest absolute Gasteiger partial charge is 0.459 e. The Labute approximate surface area is 157 Å². The lowest BCUT2D eigenvalue weighted by Gasteiger charge is -2.12. The van der Waals surface area contributed by atoms with Crippen LogP contribution in [0, 0.1) is 0 Å². The predicted octanol–water partition coefficient (Wildman–Crippen LogP) is 2.13. The fourth-order valence-electron chi connectivity index (χ4n) is 2.46. The summed E-state index contributed by atoms with van der Waals surface area (Å²) in [5, 5.41) is 13.4. The molecule has 0 unspecified atom stereocenters. The Morgan fingerprint density at radius 3 is 2.56 bits per heavy atom. The van der Waals surface area contributed by atoms with Gasteiger partial charge in [0.05, 0.1) is 18.5 Å². The van der Waals surface area contributed by atoms with Gasteiger partial charge in [-0.05, 0) is 35.9 Å². The lowest BCUT2D eigenvalue weighted by molar-refractivity contribution is 0.0996. The maximum absolute atomic E-state index is 12.0. The normalized spacial score (nSPS) is 11.3. The molecule has 8 nitrogen and oxygen atoms in total. The number of aryl methyl sites for hydroxylation is 1. The van der Waals surface area contributed by atoms with Gasteiger partial charge in [-0.1, -0.05) is 12.1 Å². The monoisotopic (exact) mass is 366 g/mol. The summed E-state index contributed by atoms with van der Waals surface area (Å²) in [6.07, 6.45) is 3.23. The molecule has 0 aliphatic carbocycles. The second-order valence-electron chi connectivity index (χ2n) is 5.85. The first-order valence-electron chi connectivity index (χ1n) is 8.51. The lowest BCUT2D eigenvalue weighted by atomic mass is 10.2. The van der Waals surface area contributed by atoms with Crippen LogP contribution in [-0.4, -0.2) is 28.7 Å². The van der Waals surface area contributed by atoms with E-state index in [9.17, 15) is 4.79 Å². The maximum atomic E-state index is 12.0. The van der Waals surface area contributed by atoms with Gasteiger partial charge in [-0.3, -0.25) is 14.5 Å². The Balaban J connectivity index is 1.48. The SMILES string of the molecule is CN=C(NCc1ccc(NC(=O)c2ccco2)cc1)NCc1ccnn1C. The van der Waals surface area contributed by atoms with E-state index in [1.165, 1.54) is 6.26 Å². The van der Waals surface area contributed by atoms with E-state index in [1.54, 1.807) is 25.4 Å². The van der Waals surface area contributed by atoms with Crippen molar-refractivity contribution in [3.05, 3.63) is 71.9 Å². The third-order valence-electron chi connectivity index (χ3n) is 4.00. The summed E-state index contributed by atoms with van der Waals surface area (Å²) >= 11 is 0. The van der Waals surface area contributed by atoms with Crippen LogP contribution in [0.15, 0.2) is 64.3 Å². The molecule has 0 spiro atoms. The van der Waals surface area contributed by atoms with Crippen molar-refractivity contribution in [1.82, 2.24) is 20.4 Å². The second kappa shape index (κ2) is 8.70. The minimum Gasteiger partial charge on any atom is -0.459 e. The van der Waals surface area contributed by atoms with Crippen LogP contribution in [0.5, 0.6) is 0 Å². The van der Waals surface area contributed by atoms with Crippen LogP contribution in [0.25, 0.3) is 0 Å². The summed E-state index contributed by atoms with van der Waals surface area (Å²) < 4.78 is 6.89. The summed E-state index contributed by atoms with van der Waals surface area (Å²) in [7, 11) is 3.63. The first kappa shape index (κ1) is 18.2. The average Bonchev–Trinajstić information content (AvgIpc) is 3.35. The van der Waals surface area contributed by atoms with Crippen LogP contribution in [-0.2, 0) is 20.1 Å². The van der Waals surface area contributed by atoms with Crippen LogP contribution >= 0.6 is 0 Å². The highest BCUT2D eigenvalue weighted by Gasteiger charge is 2.08. The average molecular weight is 366 g/mol. The Morgan fingerprint density at radius 2 is 1.93 bits per heavy atom. The van der Waals surface area contributed by atoms with Crippen molar-refractivity contribution in [2.24, 2.45) is 12.0 Å². The van der Waals surface area contributed by atoms with Gasteiger partial charge in [-0.2, -0.15) is 5.10 Å². The Morgan fingerprint density at radius 1 is 1.15 bits per heavy atom. The summed E-state index contributed by atoms with van der Waals surface area (Å²) in [5.41, 5.74) is 2.84. The first-order chi connectivity index (χ1) is 13.2. The number of anilines is 1. The smallest absolute Gasteiger partial charge is 0.291 e. The summed E-state index contributed by atoms with van der Waals surface area (Å²) in [6.45, 7) is 1.24. The minimum absolute atomic E-state index is 0.273. The van der Waals surface area contributed by atoms with Crippen LogP contribution in [0.2, 0.25) is 0 Å². The number of amides is 1. The fraction of sp³-hybridized carbons (Fsp3) is 0.211. The molecule has 3 N–H and O–H groups in total. The molecule has 0 fully saturated rings. The van der Waals surface area contributed by atoms with Gasteiger partial charge in [0.25, 0.3) is 5.91 Å². The zero-order valence-electron chi connectivity index (χ0n) is 15.3. The zero-order valence-corrected chi connectivity index (χ0v) is 15.3. The number of furan rings is 1. The van der Waals surface area contributed by atoms with E-state index in [4.69, 9.17) is 4.42 Å². The third-order valence-corrected chi connectivity index (χ3v) is 4.00. The molecule has 3 aromatic rings. The van der Waals surface area contributed by atoms with E-state index >= 15 is 0 Å². The first-order valence-corrected chi connectivity index (χ1v) is 8.51. The van der Waals surface area contributed by atoms with Crippen molar-refractivity contribution in [3.63, 3.8) is 0 Å². The Bertz CT molecular complexity index is 897. The lowest BCUT2D eigenvalue weighted by Crippen LogP contribution is -2.36. The molecule has 3 rings (SSSR count). The van der Waals surface area contributed by atoms with Crippen LogP contribution < -0.4 is 16.0 Å².